The van der Waals surface area contributed by atoms with Crippen LogP contribution in [0.5, 0.6) is 5.75 Å². The first-order chi connectivity index (χ1) is 10.6. The van der Waals surface area contributed by atoms with Gasteiger partial charge in [-0.2, -0.15) is 0 Å². The van der Waals surface area contributed by atoms with E-state index in [9.17, 15) is 9.90 Å². The number of nitrogens with two attached hydrogens (primary N) is 1. The number of benzene rings is 2. The van der Waals surface area contributed by atoms with E-state index >= 15 is 0 Å². The molecule has 0 saturated heterocycles. The second-order valence-corrected chi connectivity index (χ2v) is 5.35. The van der Waals surface area contributed by atoms with Crippen LogP contribution in [-0.4, -0.2) is 23.6 Å². The molecular formula is C18H22N2O2. The van der Waals surface area contributed by atoms with Gasteiger partial charge in [0, 0.05) is 0 Å². The fraction of sp³-hybridized carbons (Fsp3) is 0.278. The van der Waals surface area contributed by atoms with Gasteiger partial charge in [-0.15, -0.1) is 0 Å². The lowest BCUT2D eigenvalue weighted by molar-refractivity contribution is -0.120. The molecule has 0 fully saturated rings. The Morgan fingerprint density at radius 2 is 1.77 bits per heavy atom. The van der Waals surface area contributed by atoms with Crippen molar-refractivity contribution < 1.29 is 9.90 Å². The summed E-state index contributed by atoms with van der Waals surface area (Å²) in [6.07, 6.45) is 2.23. The summed E-state index contributed by atoms with van der Waals surface area (Å²) >= 11 is 0. The Morgan fingerprint density at radius 3 is 2.45 bits per heavy atom. The molecule has 0 aliphatic carbocycles. The first kappa shape index (κ1) is 16.0. The Balaban J connectivity index is 1.80. The fourth-order valence-corrected chi connectivity index (χ4v) is 2.40. The van der Waals surface area contributed by atoms with Crippen LogP contribution in [0.4, 0.5) is 0 Å². The maximum absolute atomic E-state index is 11.5. The molecule has 1 amide bonds. The van der Waals surface area contributed by atoms with Gasteiger partial charge >= 0.3 is 0 Å². The van der Waals surface area contributed by atoms with E-state index in [1.54, 1.807) is 12.1 Å². The maximum atomic E-state index is 11.5. The number of primary amides is 1. The molecule has 2 aromatic carbocycles. The third-order valence-electron chi connectivity index (χ3n) is 3.62. The lowest BCUT2D eigenvalue weighted by Crippen LogP contribution is -2.42. The summed E-state index contributed by atoms with van der Waals surface area (Å²) in [5.74, 6) is -0.0696. The Bertz CT molecular complexity index is 599. The molecule has 0 heterocycles. The Hall–Kier alpha value is -2.33. The first-order valence-corrected chi connectivity index (χ1v) is 7.49. The third-order valence-corrected chi connectivity index (χ3v) is 3.62. The third kappa shape index (κ3) is 5.22. The van der Waals surface area contributed by atoms with Crippen LogP contribution >= 0.6 is 0 Å². The van der Waals surface area contributed by atoms with Crippen LogP contribution in [-0.2, 0) is 17.6 Å². The molecule has 4 N–H and O–H groups in total. The van der Waals surface area contributed by atoms with Crippen LogP contribution in [0.25, 0.3) is 0 Å². The smallest absolute Gasteiger partial charge is 0.234 e. The van der Waals surface area contributed by atoms with Crippen LogP contribution < -0.4 is 11.1 Å². The van der Waals surface area contributed by atoms with Crippen molar-refractivity contribution in [3.05, 3.63) is 65.7 Å². The average Bonchev–Trinajstić information content (AvgIpc) is 2.51. The zero-order chi connectivity index (χ0) is 15.8. The topological polar surface area (TPSA) is 75.4 Å². The number of carbonyl (C=O) groups is 1. The van der Waals surface area contributed by atoms with Gasteiger partial charge in [0.05, 0.1) is 6.04 Å². The zero-order valence-corrected chi connectivity index (χ0v) is 12.5. The summed E-state index contributed by atoms with van der Waals surface area (Å²) in [5.41, 5.74) is 7.69. The van der Waals surface area contributed by atoms with Gasteiger partial charge in [0.25, 0.3) is 0 Å². The van der Waals surface area contributed by atoms with E-state index in [-0.39, 0.29) is 17.7 Å². The molecule has 0 aromatic heterocycles. The van der Waals surface area contributed by atoms with E-state index in [2.05, 4.69) is 5.32 Å². The number of hydrogen-bond donors (Lipinski definition) is 3. The highest BCUT2D eigenvalue weighted by Crippen LogP contribution is 2.11. The monoisotopic (exact) mass is 298 g/mol. The van der Waals surface area contributed by atoms with Gasteiger partial charge < -0.3 is 16.2 Å². The van der Waals surface area contributed by atoms with Gasteiger partial charge in [0.1, 0.15) is 5.75 Å². The van der Waals surface area contributed by atoms with E-state index in [1.165, 1.54) is 5.56 Å². The standard InChI is InChI=1S/C18H22N2O2/c19-18(22)17(10-9-14-5-2-1-3-6-14)20-12-11-15-7-4-8-16(21)13-15/h1-8,13,17,20-21H,9-12H2,(H2,19,22)/t17-/m1/s1. The first-order valence-electron chi connectivity index (χ1n) is 7.49. The van der Waals surface area contributed by atoms with Crippen molar-refractivity contribution in [1.29, 1.82) is 0 Å². The molecule has 0 aliphatic rings. The Morgan fingerprint density at radius 1 is 1.05 bits per heavy atom. The van der Waals surface area contributed by atoms with Crippen molar-refractivity contribution in [3.63, 3.8) is 0 Å². The highest BCUT2D eigenvalue weighted by atomic mass is 16.3. The van der Waals surface area contributed by atoms with E-state index in [0.717, 1.165) is 18.4 Å². The van der Waals surface area contributed by atoms with E-state index < -0.39 is 0 Å². The van der Waals surface area contributed by atoms with Gasteiger partial charge in [0.15, 0.2) is 0 Å². The minimum absolute atomic E-state index is 0.257. The highest BCUT2D eigenvalue weighted by Gasteiger charge is 2.14. The predicted octanol–water partition coefficient (Wildman–Crippen LogP) is 2.01. The van der Waals surface area contributed by atoms with Crippen LogP contribution in [0.1, 0.15) is 17.5 Å². The number of aromatic hydroxyl groups is 1. The van der Waals surface area contributed by atoms with Gasteiger partial charge in [0.2, 0.25) is 5.91 Å². The van der Waals surface area contributed by atoms with Crippen LogP contribution in [0.15, 0.2) is 54.6 Å². The van der Waals surface area contributed by atoms with Gasteiger partial charge in [-0.05, 0) is 49.1 Å². The predicted molar refractivity (Wildman–Crippen MR) is 87.6 cm³/mol. The summed E-state index contributed by atoms with van der Waals surface area (Å²) in [6, 6.07) is 16.8. The molecule has 4 heteroatoms. The van der Waals surface area contributed by atoms with Gasteiger partial charge in [-0.1, -0.05) is 42.5 Å². The molecular weight excluding hydrogens is 276 g/mol. The van der Waals surface area contributed by atoms with Crippen molar-refractivity contribution >= 4 is 5.91 Å². The number of phenolic OH excluding ortho intramolecular Hbond substituents is 1. The Kier molecular flexibility index (Phi) is 5.98. The van der Waals surface area contributed by atoms with Crippen LogP contribution in [0.2, 0.25) is 0 Å². The van der Waals surface area contributed by atoms with Crippen molar-refractivity contribution in [2.24, 2.45) is 5.73 Å². The van der Waals surface area contributed by atoms with Gasteiger partial charge in [-0.3, -0.25) is 4.79 Å². The minimum Gasteiger partial charge on any atom is -0.508 e. The normalized spacial score (nSPS) is 12.0. The van der Waals surface area contributed by atoms with E-state index in [1.807, 2.05) is 42.5 Å². The fourth-order valence-electron chi connectivity index (χ4n) is 2.40. The minimum atomic E-state index is -0.336. The molecule has 2 aromatic rings. The lowest BCUT2D eigenvalue weighted by atomic mass is 10.0. The van der Waals surface area contributed by atoms with Crippen molar-refractivity contribution in [1.82, 2.24) is 5.32 Å². The lowest BCUT2D eigenvalue weighted by Gasteiger charge is -2.15. The number of amides is 1. The number of carbonyl (C=O) groups excluding carboxylic acids is 1. The zero-order valence-electron chi connectivity index (χ0n) is 12.5. The molecule has 1 atom stereocenters. The highest BCUT2D eigenvalue weighted by molar-refractivity contribution is 5.79. The van der Waals surface area contributed by atoms with Gasteiger partial charge in [-0.25, -0.2) is 0 Å². The van der Waals surface area contributed by atoms with Crippen LogP contribution in [0.3, 0.4) is 0 Å². The molecule has 2 rings (SSSR count). The molecule has 116 valence electrons. The summed E-state index contributed by atoms with van der Waals surface area (Å²) in [7, 11) is 0. The number of nitrogens with one attached hydrogen (secondary N) is 1. The SMILES string of the molecule is NC(=O)[C@@H](CCc1ccccc1)NCCc1cccc(O)c1. The van der Waals surface area contributed by atoms with Crippen molar-refractivity contribution in [2.45, 2.75) is 25.3 Å². The molecule has 0 spiro atoms. The summed E-state index contributed by atoms with van der Waals surface area (Å²) < 4.78 is 0. The Labute approximate surface area is 131 Å². The largest absolute Gasteiger partial charge is 0.508 e. The summed E-state index contributed by atoms with van der Waals surface area (Å²) in [4.78, 5) is 11.5. The number of phenols is 1. The average molecular weight is 298 g/mol. The molecule has 0 radical (unpaired) electrons. The number of hydrogen-bond acceptors (Lipinski definition) is 3. The molecule has 4 nitrogen and oxygen atoms in total. The maximum Gasteiger partial charge on any atom is 0.234 e. The summed E-state index contributed by atoms with van der Waals surface area (Å²) in [6.45, 7) is 0.645. The summed E-state index contributed by atoms with van der Waals surface area (Å²) in [5, 5.41) is 12.6. The molecule has 22 heavy (non-hydrogen) atoms. The molecule has 0 aliphatic heterocycles. The second-order valence-electron chi connectivity index (χ2n) is 5.35. The number of aryl methyl sites for hydroxylation is 1. The van der Waals surface area contributed by atoms with E-state index in [0.29, 0.717) is 13.0 Å². The van der Waals surface area contributed by atoms with Crippen molar-refractivity contribution in [2.75, 3.05) is 6.54 Å². The number of rotatable bonds is 8. The van der Waals surface area contributed by atoms with E-state index in [4.69, 9.17) is 5.73 Å². The van der Waals surface area contributed by atoms with Crippen molar-refractivity contribution in [3.8, 4) is 5.75 Å². The quantitative estimate of drug-likeness (QED) is 0.698. The molecule has 0 bridgehead atoms. The second kappa shape index (κ2) is 8.20. The van der Waals surface area contributed by atoms with Crippen LogP contribution in [0, 0.1) is 0 Å². The molecule has 0 unspecified atom stereocenters. The molecule has 0 saturated carbocycles.